The first-order valence-electron chi connectivity index (χ1n) is 6.97. The van der Waals surface area contributed by atoms with Gasteiger partial charge in [0.2, 0.25) is 5.91 Å². The second-order valence-electron chi connectivity index (χ2n) is 5.44. The molecule has 0 aliphatic carbocycles. The van der Waals surface area contributed by atoms with Gasteiger partial charge in [0.1, 0.15) is 0 Å². The molecule has 2 heterocycles. The number of para-hydroxylation sites is 1. The largest absolute Gasteiger partial charge is 0.481 e. The molecule has 0 bridgehead atoms. The van der Waals surface area contributed by atoms with Crippen molar-refractivity contribution in [1.29, 1.82) is 0 Å². The smallest absolute Gasteiger partial charge is 0.308 e. The van der Waals surface area contributed by atoms with Crippen molar-refractivity contribution in [3.63, 3.8) is 0 Å². The van der Waals surface area contributed by atoms with Gasteiger partial charge in [-0.25, -0.2) is 0 Å². The first-order valence-corrected chi connectivity index (χ1v) is 6.97. The van der Waals surface area contributed by atoms with E-state index in [-0.39, 0.29) is 12.5 Å². The molecule has 1 aromatic heterocycles. The van der Waals surface area contributed by atoms with Crippen molar-refractivity contribution in [2.45, 2.75) is 19.4 Å². The lowest BCUT2D eigenvalue weighted by molar-refractivity contribution is -0.147. The number of fused-ring (bicyclic) bond motifs is 1. The molecule has 110 valence electrons. The third kappa shape index (κ3) is 2.49. The summed E-state index contributed by atoms with van der Waals surface area (Å²) in [5.41, 5.74) is 1.82. The lowest BCUT2D eigenvalue weighted by Gasteiger charge is -2.30. The van der Waals surface area contributed by atoms with E-state index in [1.165, 1.54) is 0 Å². The van der Waals surface area contributed by atoms with Gasteiger partial charge in [-0.3, -0.25) is 14.3 Å². The maximum Gasteiger partial charge on any atom is 0.308 e. The Morgan fingerprint density at radius 3 is 2.95 bits per heavy atom. The Kier molecular flexibility index (Phi) is 3.37. The van der Waals surface area contributed by atoms with Gasteiger partial charge in [0, 0.05) is 25.4 Å². The first-order chi connectivity index (χ1) is 10.1. The molecule has 0 saturated carbocycles. The summed E-state index contributed by atoms with van der Waals surface area (Å²) in [4.78, 5) is 24.7. The van der Waals surface area contributed by atoms with Crippen LogP contribution in [-0.4, -0.2) is 38.2 Å². The number of hydrogen-bond donors (Lipinski definition) is 1. The van der Waals surface area contributed by atoms with Crippen molar-refractivity contribution in [3.8, 4) is 0 Å². The monoisotopic (exact) mass is 287 g/mol. The van der Waals surface area contributed by atoms with Gasteiger partial charge in [-0.2, -0.15) is 5.10 Å². The fourth-order valence-corrected chi connectivity index (χ4v) is 2.86. The summed E-state index contributed by atoms with van der Waals surface area (Å²) in [6, 6.07) is 7.83. The highest BCUT2D eigenvalue weighted by Gasteiger charge is 2.30. The molecule has 3 rings (SSSR count). The van der Waals surface area contributed by atoms with Crippen molar-refractivity contribution in [1.82, 2.24) is 14.7 Å². The van der Waals surface area contributed by atoms with Gasteiger partial charge in [-0.05, 0) is 12.5 Å². The molecule has 1 amide bonds. The van der Waals surface area contributed by atoms with Gasteiger partial charge in [0.05, 0.1) is 23.7 Å². The molecule has 6 heteroatoms. The fraction of sp³-hybridized carbons (Fsp3) is 0.400. The Morgan fingerprint density at radius 1 is 1.43 bits per heavy atom. The predicted molar refractivity (Wildman–Crippen MR) is 76.5 cm³/mol. The molecule has 1 atom stereocenters. The van der Waals surface area contributed by atoms with E-state index < -0.39 is 11.9 Å². The highest BCUT2D eigenvalue weighted by molar-refractivity contribution is 5.83. The molecule has 2 aromatic rings. The number of carbonyl (C=O) groups is 2. The molecule has 0 radical (unpaired) electrons. The summed E-state index contributed by atoms with van der Waals surface area (Å²) >= 11 is 0. The van der Waals surface area contributed by atoms with Crippen molar-refractivity contribution < 1.29 is 14.7 Å². The zero-order valence-electron chi connectivity index (χ0n) is 11.8. The van der Waals surface area contributed by atoms with Gasteiger partial charge in [0.25, 0.3) is 0 Å². The minimum absolute atomic E-state index is 0.00207. The quantitative estimate of drug-likeness (QED) is 0.925. The van der Waals surface area contributed by atoms with Gasteiger partial charge in [0.15, 0.2) is 0 Å². The number of amides is 1. The van der Waals surface area contributed by atoms with Crippen molar-refractivity contribution in [3.05, 3.63) is 30.0 Å². The highest BCUT2D eigenvalue weighted by Crippen LogP contribution is 2.23. The highest BCUT2D eigenvalue weighted by atomic mass is 16.4. The van der Waals surface area contributed by atoms with E-state index >= 15 is 0 Å². The van der Waals surface area contributed by atoms with E-state index in [0.717, 1.165) is 16.6 Å². The van der Waals surface area contributed by atoms with Gasteiger partial charge in [-0.15, -0.1) is 0 Å². The summed E-state index contributed by atoms with van der Waals surface area (Å²) < 4.78 is 1.79. The third-order valence-corrected chi connectivity index (χ3v) is 4.02. The summed E-state index contributed by atoms with van der Waals surface area (Å²) in [7, 11) is 1.86. The number of carboxylic acids is 1. The number of carboxylic acid groups (broad SMARTS) is 1. The molecule has 1 aliphatic heterocycles. The van der Waals surface area contributed by atoms with Crippen LogP contribution < -0.4 is 0 Å². The van der Waals surface area contributed by atoms with E-state index in [0.29, 0.717) is 19.4 Å². The number of rotatable bonds is 3. The Labute approximate surface area is 122 Å². The fourth-order valence-electron chi connectivity index (χ4n) is 2.86. The van der Waals surface area contributed by atoms with E-state index in [1.54, 1.807) is 9.58 Å². The summed E-state index contributed by atoms with van der Waals surface area (Å²) in [5.74, 6) is -1.31. The summed E-state index contributed by atoms with van der Waals surface area (Å²) in [5, 5.41) is 14.6. The van der Waals surface area contributed by atoms with Crippen LogP contribution in [0.15, 0.2) is 24.3 Å². The zero-order valence-corrected chi connectivity index (χ0v) is 11.8. The second-order valence-corrected chi connectivity index (χ2v) is 5.44. The third-order valence-electron chi connectivity index (χ3n) is 4.02. The molecule has 6 nitrogen and oxygen atoms in total. The molecule has 1 fully saturated rings. The van der Waals surface area contributed by atoms with Gasteiger partial charge in [-0.1, -0.05) is 18.2 Å². The van der Waals surface area contributed by atoms with Crippen LogP contribution >= 0.6 is 0 Å². The SMILES string of the molecule is Cn1nc(CN2CC(C(=O)O)CCC2=O)c2ccccc21. The maximum absolute atomic E-state index is 12.0. The molecule has 1 aliphatic rings. The van der Waals surface area contributed by atoms with Crippen molar-refractivity contribution >= 4 is 22.8 Å². The number of carbonyl (C=O) groups excluding carboxylic acids is 1. The predicted octanol–water partition coefficient (Wildman–Crippen LogP) is 1.40. The Hall–Kier alpha value is -2.37. The average Bonchev–Trinajstić information content (AvgIpc) is 2.78. The van der Waals surface area contributed by atoms with Gasteiger partial charge >= 0.3 is 5.97 Å². The van der Waals surface area contributed by atoms with Crippen molar-refractivity contribution in [2.75, 3.05) is 6.54 Å². The number of piperidine rings is 1. The van der Waals surface area contributed by atoms with Crippen LogP contribution in [0.25, 0.3) is 10.9 Å². The summed E-state index contributed by atoms with van der Waals surface area (Å²) in [6.07, 6.45) is 0.718. The lowest BCUT2D eigenvalue weighted by Crippen LogP contribution is -2.42. The van der Waals surface area contributed by atoms with Crippen LogP contribution in [0.4, 0.5) is 0 Å². The molecular formula is C15H17N3O3. The average molecular weight is 287 g/mol. The van der Waals surface area contributed by atoms with E-state index in [2.05, 4.69) is 5.10 Å². The number of hydrogen-bond acceptors (Lipinski definition) is 3. The minimum Gasteiger partial charge on any atom is -0.481 e. The van der Waals surface area contributed by atoms with Crippen LogP contribution in [-0.2, 0) is 23.2 Å². The van der Waals surface area contributed by atoms with Crippen LogP contribution in [0, 0.1) is 5.92 Å². The Bertz CT molecular complexity index is 707. The Morgan fingerprint density at radius 2 is 2.19 bits per heavy atom. The van der Waals surface area contributed by atoms with E-state index in [1.807, 2.05) is 31.3 Å². The van der Waals surface area contributed by atoms with Crippen LogP contribution in [0.1, 0.15) is 18.5 Å². The van der Waals surface area contributed by atoms with Crippen LogP contribution in [0.2, 0.25) is 0 Å². The molecular weight excluding hydrogens is 270 g/mol. The first kappa shape index (κ1) is 13.6. The molecule has 21 heavy (non-hydrogen) atoms. The molecule has 1 N–H and O–H groups in total. The topological polar surface area (TPSA) is 75.4 Å². The standard InChI is InChI=1S/C15H17N3O3/c1-17-13-5-3-2-4-11(13)12(16-17)9-18-8-10(15(20)21)6-7-14(18)19/h2-5,10H,6-9H2,1H3,(H,20,21). The number of benzene rings is 1. The summed E-state index contributed by atoms with van der Waals surface area (Å²) in [6.45, 7) is 0.628. The number of likely N-dealkylation sites (tertiary alicyclic amines) is 1. The van der Waals surface area contributed by atoms with Crippen molar-refractivity contribution in [2.24, 2.45) is 13.0 Å². The minimum atomic E-state index is -0.835. The molecule has 1 unspecified atom stereocenters. The van der Waals surface area contributed by atoms with Crippen LogP contribution in [0.3, 0.4) is 0 Å². The maximum atomic E-state index is 12.0. The number of aromatic nitrogens is 2. The number of aryl methyl sites for hydroxylation is 1. The van der Waals surface area contributed by atoms with Gasteiger partial charge < -0.3 is 10.0 Å². The second kappa shape index (κ2) is 5.20. The molecule has 1 saturated heterocycles. The number of aliphatic carboxylic acids is 1. The molecule has 1 aromatic carbocycles. The lowest BCUT2D eigenvalue weighted by atomic mass is 9.97. The van der Waals surface area contributed by atoms with E-state index in [9.17, 15) is 9.59 Å². The molecule has 0 spiro atoms. The number of nitrogens with zero attached hydrogens (tertiary/aromatic N) is 3. The zero-order chi connectivity index (χ0) is 15.0. The normalized spacial score (nSPS) is 19.2. The van der Waals surface area contributed by atoms with E-state index in [4.69, 9.17) is 5.11 Å². The Balaban J connectivity index is 1.87. The van der Waals surface area contributed by atoms with Crippen LogP contribution in [0.5, 0.6) is 0 Å².